The number of hydrogen-bond donors (Lipinski definition) is 1. The summed E-state index contributed by atoms with van der Waals surface area (Å²) in [5.41, 5.74) is 7.13. The lowest BCUT2D eigenvalue weighted by molar-refractivity contribution is 0.111. The van der Waals surface area contributed by atoms with Gasteiger partial charge in [-0.2, -0.15) is 0 Å². The van der Waals surface area contributed by atoms with Crippen molar-refractivity contribution in [1.29, 1.82) is 0 Å². The van der Waals surface area contributed by atoms with Gasteiger partial charge in [0, 0.05) is 5.69 Å². The highest BCUT2D eigenvalue weighted by Gasteiger charge is 1.98. The average Bonchev–Trinajstić information content (AvgIpc) is 2.05. The number of carbonyl (C=O) groups is 1. The van der Waals surface area contributed by atoms with E-state index in [1.165, 1.54) is 0 Å². The van der Waals surface area contributed by atoms with Crippen LogP contribution in [-0.4, -0.2) is 11.3 Å². The molecule has 0 spiro atoms. The van der Waals surface area contributed by atoms with Crippen LogP contribution in [0.15, 0.2) is 12.1 Å². The Bertz CT molecular complexity index is 271. The van der Waals surface area contributed by atoms with Crippen LogP contribution in [0.25, 0.3) is 0 Å². The van der Waals surface area contributed by atoms with Gasteiger partial charge in [-0.25, -0.2) is 4.98 Å². The lowest BCUT2D eigenvalue weighted by Crippen LogP contribution is -1.98. The van der Waals surface area contributed by atoms with Gasteiger partial charge in [0.25, 0.3) is 0 Å². The Morgan fingerprint density at radius 2 is 2.36 bits per heavy atom. The van der Waals surface area contributed by atoms with E-state index in [1.807, 2.05) is 13.0 Å². The fourth-order valence-electron chi connectivity index (χ4n) is 0.819. The number of hydrogen-bond acceptors (Lipinski definition) is 3. The minimum atomic E-state index is 0.337. The van der Waals surface area contributed by atoms with Crippen molar-refractivity contribution in [2.45, 2.75) is 13.3 Å². The van der Waals surface area contributed by atoms with Crippen molar-refractivity contribution in [3.63, 3.8) is 0 Å². The second-order valence-corrected chi connectivity index (χ2v) is 2.25. The number of rotatable bonds is 2. The van der Waals surface area contributed by atoms with E-state index in [4.69, 9.17) is 5.73 Å². The molecule has 1 aromatic heterocycles. The quantitative estimate of drug-likeness (QED) is 0.641. The van der Waals surface area contributed by atoms with Crippen LogP contribution >= 0.6 is 0 Å². The highest BCUT2D eigenvalue weighted by Crippen LogP contribution is 2.07. The van der Waals surface area contributed by atoms with Crippen LogP contribution in [0.2, 0.25) is 0 Å². The zero-order valence-corrected chi connectivity index (χ0v) is 6.37. The predicted octanol–water partition coefficient (Wildman–Crippen LogP) is 1.04. The number of aromatic nitrogens is 1. The lowest BCUT2D eigenvalue weighted by Gasteiger charge is -1.99. The van der Waals surface area contributed by atoms with Crippen LogP contribution in [0, 0.1) is 0 Å². The molecule has 0 radical (unpaired) electrons. The smallest absolute Gasteiger partial charge is 0.170 e. The van der Waals surface area contributed by atoms with E-state index < -0.39 is 0 Å². The van der Waals surface area contributed by atoms with Crippen LogP contribution in [0.5, 0.6) is 0 Å². The minimum Gasteiger partial charge on any atom is -0.397 e. The van der Waals surface area contributed by atoms with Crippen LogP contribution in [0.1, 0.15) is 23.1 Å². The largest absolute Gasteiger partial charge is 0.397 e. The molecule has 0 aromatic carbocycles. The summed E-state index contributed by atoms with van der Waals surface area (Å²) in [7, 11) is 0. The number of nitrogens with two attached hydrogens (primary N) is 1. The number of nitrogen functional groups attached to an aromatic ring is 1. The molecule has 3 nitrogen and oxygen atoms in total. The summed E-state index contributed by atoms with van der Waals surface area (Å²) in [6.07, 6.45) is 1.50. The van der Waals surface area contributed by atoms with Crippen molar-refractivity contribution in [2.75, 3.05) is 5.73 Å². The summed E-state index contributed by atoms with van der Waals surface area (Å²) in [4.78, 5) is 14.4. The third-order valence-electron chi connectivity index (χ3n) is 1.49. The standard InChI is InChI=1S/C8H10N2O/c1-2-6-3-4-7(9)8(5-11)10-6/h3-5H,2,9H2,1H3. The molecule has 0 aliphatic carbocycles. The number of aryl methyl sites for hydroxylation is 1. The van der Waals surface area contributed by atoms with Crippen LogP contribution in [-0.2, 0) is 6.42 Å². The summed E-state index contributed by atoms with van der Waals surface area (Å²) in [5.74, 6) is 0. The van der Waals surface area contributed by atoms with Gasteiger partial charge in [-0.05, 0) is 18.6 Å². The molecule has 0 amide bonds. The fourth-order valence-corrected chi connectivity index (χ4v) is 0.819. The van der Waals surface area contributed by atoms with Gasteiger partial charge in [0.2, 0.25) is 0 Å². The van der Waals surface area contributed by atoms with Gasteiger partial charge in [-0.3, -0.25) is 4.79 Å². The summed E-state index contributed by atoms with van der Waals surface area (Å²) >= 11 is 0. The maximum atomic E-state index is 10.4. The molecule has 0 aliphatic rings. The topological polar surface area (TPSA) is 56.0 Å². The number of pyridine rings is 1. The molecule has 0 bridgehead atoms. The number of anilines is 1. The second kappa shape index (κ2) is 3.14. The predicted molar refractivity (Wildman–Crippen MR) is 43.4 cm³/mol. The van der Waals surface area contributed by atoms with Crippen molar-refractivity contribution in [1.82, 2.24) is 4.98 Å². The van der Waals surface area contributed by atoms with Crippen LogP contribution < -0.4 is 5.73 Å². The molecule has 3 heteroatoms. The monoisotopic (exact) mass is 150 g/mol. The summed E-state index contributed by atoms with van der Waals surface area (Å²) < 4.78 is 0. The van der Waals surface area contributed by atoms with Crippen LogP contribution in [0.3, 0.4) is 0 Å². The highest BCUT2D eigenvalue weighted by molar-refractivity contribution is 5.80. The molecule has 0 saturated heterocycles. The Balaban J connectivity index is 3.12. The molecule has 1 aromatic rings. The highest BCUT2D eigenvalue weighted by atomic mass is 16.1. The Kier molecular flexibility index (Phi) is 2.21. The fraction of sp³-hybridized carbons (Fsp3) is 0.250. The van der Waals surface area contributed by atoms with Gasteiger partial charge in [-0.1, -0.05) is 6.92 Å². The Hall–Kier alpha value is -1.38. The number of nitrogens with zero attached hydrogens (tertiary/aromatic N) is 1. The number of aldehydes is 1. The summed E-state index contributed by atoms with van der Waals surface area (Å²) in [6.45, 7) is 1.98. The van der Waals surface area contributed by atoms with Crippen LogP contribution in [0.4, 0.5) is 5.69 Å². The molecule has 0 aliphatic heterocycles. The third kappa shape index (κ3) is 1.55. The summed E-state index contributed by atoms with van der Waals surface area (Å²) in [6, 6.07) is 3.53. The molecule has 11 heavy (non-hydrogen) atoms. The zero-order valence-electron chi connectivity index (χ0n) is 6.37. The van der Waals surface area contributed by atoms with E-state index in [1.54, 1.807) is 6.07 Å². The molecular weight excluding hydrogens is 140 g/mol. The van der Waals surface area contributed by atoms with E-state index in [2.05, 4.69) is 4.98 Å². The first-order chi connectivity index (χ1) is 5.27. The van der Waals surface area contributed by atoms with Gasteiger partial charge >= 0.3 is 0 Å². The minimum absolute atomic E-state index is 0.337. The Morgan fingerprint density at radius 3 is 2.91 bits per heavy atom. The first kappa shape index (κ1) is 7.72. The van der Waals surface area contributed by atoms with Crippen molar-refractivity contribution in [2.24, 2.45) is 0 Å². The van der Waals surface area contributed by atoms with E-state index >= 15 is 0 Å². The van der Waals surface area contributed by atoms with Crippen molar-refractivity contribution in [3.05, 3.63) is 23.5 Å². The molecule has 2 N–H and O–H groups in total. The second-order valence-electron chi connectivity index (χ2n) is 2.25. The molecule has 1 heterocycles. The third-order valence-corrected chi connectivity index (χ3v) is 1.49. The molecule has 58 valence electrons. The van der Waals surface area contributed by atoms with E-state index in [0.29, 0.717) is 17.7 Å². The van der Waals surface area contributed by atoms with Gasteiger partial charge in [0.05, 0.1) is 5.69 Å². The first-order valence-electron chi connectivity index (χ1n) is 3.48. The molecule has 0 fully saturated rings. The van der Waals surface area contributed by atoms with Crippen molar-refractivity contribution < 1.29 is 4.79 Å². The Labute approximate surface area is 65.2 Å². The van der Waals surface area contributed by atoms with Gasteiger partial charge in [-0.15, -0.1) is 0 Å². The SMILES string of the molecule is CCc1ccc(N)c(C=O)n1. The normalized spacial score (nSPS) is 9.55. The molecule has 0 unspecified atom stereocenters. The molecule has 0 saturated carbocycles. The van der Waals surface area contributed by atoms with Crippen molar-refractivity contribution >= 4 is 12.0 Å². The summed E-state index contributed by atoms with van der Waals surface area (Å²) in [5, 5.41) is 0. The maximum absolute atomic E-state index is 10.4. The number of carbonyl (C=O) groups excluding carboxylic acids is 1. The lowest BCUT2D eigenvalue weighted by atomic mass is 10.2. The maximum Gasteiger partial charge on any atom is 0.170 e. The van der Waals surface area contributed by atoms with E-state index in [-0.39, 0.29) is 0 Å². The van der Waals surface area contributed by atoms with Crippen molar-refractivity contribution in [3.8, 4) is 0 Å². The average molecular weight is 150 g/mol. The Morgan fingerprint density at radius 1 is 1.64 bits per heavy atom. The van der Waals surface area contributed by atoms with Gasteiger partial charge in [0.15, 0.2) is 6.29 Å². The molecule has 1 rings (SSSR count). The van der Waals surface area contributed by atoms with Gasteiger partial charge < -0.3 is 5.73 Å². The van der Waals surface area contributed by atoms with E-state index in [9.17, 15) is 4.79 Å². The first-order valence-corrected chi connectivity index (χ1v) is 3.48. The van der Waals surface area contributed by atoms with Gasteiger partial charge in [0.1, 0.15) is 5.69 Å². The molecule has 0 atom stereocenters. The zero-order chi connectivity index (χ0) is 8.27. The van der Waals surface area contributed by atoms with E-state index in [0.717, 1.165) is 12.1 Å². The molecular formula is C8H10N2O.